The van der Waals surface area contributed by atoms with Gasteiger partial charge < -0.3 is 29.7 Å². The Morgan fingerprint density at radius 1 is 1.22 bits per heavy atom. The second-order valence-electron chi connectivity index (χ2n) is 7.42. The van der Waals surface area contributed by atoms with E-state index in [1.165, 1.54) is 11.0 Å². The molecule has 2 N–H and O–H groups in total. The molecular weight excluding hydrogens is 435 g/mol. The first-order valence-corrected chi connectivity index (χ1v) is 10.7. The summed E-state index contributed by atoms with van der Waals surface area (Å²) in [5.41, 5.74) is 1.79. The van der Waals surface area contributed by atoms with Crippen LogP contribution in [0.15, 0.2) is 42.5 Å². The average molecular weight is 461 g/mol. The van der Waals surface area contributed by atoms with Gasteiger partial charge in [0.1, 0.15) is 17.7 Å². The Labute approximate surface area is 191 Å². The van der Waals surface area contributed by atoms with Gasteiger partial charge in [0, 0.05) is 18.8 Å². The maximum Gasteiger partial charge on any atom is 0.414 e. The van der Waals surface area contributed by atoms with E-state index in [0.717, 1.165) is 11.4 Å². The number of carbonyl (C=O) groups excluding carboxylic acids is 1. The van der Waals surface area contributed by atoms with Crippen molar-refractivity contribution in [2.45, 2.75) is 6.10 Å². The Kier molecular flexibility index (Phi) is 6.91. The fraction of sp³-hybridized carbons (Fsp3) is 0.364. The number of morpholine rings is 1. The third-order valence-corrected chi connectivity index (χ3v) is 5.55. The minimum Gasteiger partial charge on any atom is -0.497 e. The number of methoxy groups -OCH3 is 1. The molecule has 2 fully saturated rings. The van der Waals surface area contributed by atoms with Gasteiger partial charge in [-0.1, -0.05) is 0 Å². The molecule has 0 radical (unpaired) electrons. The summed E-state index contributed by atoms with van der Waals surface area (Å²) < 4.78 is 30.6. The lowest BCUT2D eigenvalue weighted by Crippen LogP contribution is -2.37. The summed E-state index contributed by atoms with van der Waals surface area (Å²) in [6.07, 6.45) is -0.926. The van der Waals surface area contributed by atoms with E-state index in [9.17, 15) is 9.18 Å². The van der Waals surface area contributed by atoms with Crippen molar-refractivity contribution in [2.24, 2.45) is 0 Å². The van der Waals surface area contributed by atoms with Crippen molar-refractivity contribution in [1.82, 2.24) is 5.32 Å². The zero-order chi connectivity index (χ0) is 22.5. The average Bonchev–Trinajstić information content (AvgIpc) is 3.19. The molecule has 0 aliphatic carbocycles. The summed E-state index contributed by atoms with van der Waals surface area (Å²) in [5, 5.41) is 6.52. The van der Waals surface area contributed by atoms with Crippen LogP contribution in [0.3, 0.4) is 0 Å². The van der Waals surface area contributed by atoms with Gasteiger partial charge in [0.15, 0.2) is 5.11 Å². The number of benzene rings is 2. The van der Waals surface area contributed by atoms with Crippen molar-refractivity contribution in [3.05, 3.63) is 48.3 Å². The van der Waals surface area contributed by atoms with Crippen LogP contribution in [0.4, 0.5) is 26.2 Å². The first kappa shape index (κ1) is 22.1. The van der Waals surface area contributed by atoms with E-state index in [1.54, 1.807) is 19.2 Å². The Balaban J connectivity index is 1.30. The van der Waals surface area contributed by atoms with Crippen LogP contribution in [0.2, 0.25) is 0 Å². The van der Waals surface area contributed by atoms with Gasteiger partial charge in [-0.2, -0.15) is 0 Å². The lowest BCUT2D eigenvalue weighted by atomic mass is 10.2. The van der Waals surface area contributed by atoms with Gasteiger partial charge in [-0.15, -0.1) is 0 Å². The molecule has 8 nitrogen and oxygen atoms in total. The molecule has 2 aliphatic heterocycles. The third-order valence-electron chi connectivity index (χ3n) is 5.31. The highest BCUT2D eigenvalue weighted by molar-refractivity contribution is 7.80. The number of rotatable bonds is 6. The Bertz CT molecular complexity index is 969. The molecule has 32 heavy (non-hydrogen) atoms. The summed E-state index contributed by atoms with van der Waals surface area (Å²) in [6.45, 7) is 3.05. The fourth-order valence-electron chi connectivity index (χ4n) is 3.62. The molecule has 2 aromatic rings. The molecule has 2 aliphatic rings. The second-order valence-corrected chi connectivity index (χ2v) is 7.82. The van der Waals surface area contributed by atoms with Crippen LogP contribution >= 0.6 is 12.2 Å². The molecular formula is C22H25FN4O4S. The number of halogens is 1. The summed E-state index contributed by atoms with van der Waals surface area (Å²) in [5.74, 6) is 0.380. The molecule has 1 amide bonds. The molecule has 10 heteroatoms. The Hall–Kier alpha value is -3.11. The maximum absolute atomic E-state index is 14.7. The van der Waals surface area contributed by atoms with Gasteiger partial charge in [-0.3, -0.25) is 4.90 Å². The first-order chi connectivity index (χ1) is 15.5. The molecule has 1 atom stereocenters. The van der Waals surface area contributed by atoms with Gasteiger partial charge in [0.05, 0.1) is 44.8 Å². The number of hydrogen-bond donors (Lipinski definition) is 2. The van der Waals surface area contributed by atoms with Crippen LogP contribution in [0.25, 0.3) is 0 Å². The summed E-state index contributed by atoms with van der Waals surface area (Å²) in [6, 6.07) is 12.1. The van der Waals surface area contributed by atoms with Crippen LogP contribution < -0.4 is 25.2 Å². The Morgan fingerprint density at radius 3 is 2.66 bits per heavy atom. The van der Waals surface area contributed by atoms with Crippen molar-refractivity contribution in [2.75, 3.05) is 61.6 Å². The minimum atomic E-state index is -0.510. The SMILES string of the molecule is COc1ccc(NC(=S)NC[C@H]2CN(c3ccc(N4CCOCC4)c(F)c3)C(=O)O2)cc1. The highest BCUT2D eigenvalue weighted by atomic mass is 32.1. The number of cyclic esters (lactones) is 1. The number of amides is 1. The number of ether oxygens (including phenoxy) is 3. The van der Waals surface area contributed by atoms with Crippen molar-refractivity contribution >= 4 is 40.5 Å². The molecule has 2 heterocycles. The smallest absolute Gasteiger partial charge is 0.414 e. The van der Waals surface area contributed by atoms with Crippen LogP contribution in [0.5, 0.6) is 5.75 Å². The second kappa shape index (κ2) is 10.0. The topological polar surface area (TPSA) is 75.3 Å². The molecule has 0 bridgehead atoms. The monoisotopic (exact) mass is 460 g/mol. The molecule has 0 aromatic heterocycles. The largest absolute Gasteiger partial charge is 0.497 e. The Morgan fingerprint density at radius 2 is 1.97 bits per heavy atom. The lowest BCUT2D eigenvalue weighted by Gasteiger charge is -2.29. The molecule has 2 saturated heterocycles. The van der Waals surface area contributed by atoms with E-state index < -0.39 is 12.2 Å². The predicted octanol–water partition coefficient (Wildman–Crippen LogP) is 2.98. The quantitative estimate of drug-likeness (QED) is 0.638. The van der Waals surface area contributed by atoms with Crippen LogP contribution in [-0.4, -0.2) is 63.8 Å². The maximum atomic E-state index is 14.7. The predicted molar refractivity (Wildman–Crippen MR) is 124 cm³/mol. The van der Waals surface area contributed by atoms with Crippen LogP contribution in [-0.2, 0) is 9.47 Å². The normalized spacial score (nSPS) is 18.3. The molecule has 170 valence electrons. The molecule has 0 saturated carbocycles. The molecule has 0 spiro atoms. The number of carbonyl (C=O) groups is 1. The van der Waals surface area contributed by atoms with Gasteiger partial charge in [0.2, 0.25) is 0 Å². The molecule has 4 rings (SSSR count). The van der Waals surface area contributed by atoms with Crippen molar-refractivity contribution in [3.63, 3.8) is 0 Å². The van der Waals surface area contributed by atoms with E-state index >= 15 is 0 Å². The highest BCUT2D eigenvalue weighted by Crippen LogP contribution is 2.28. The summed E-state index contributed by atoms with van der Waals surface area (Å²) >= 11 is 5.31. The zero-order valence-corrected chi connectivity index (χ0v) is 18.5. The standard InChI is InChI=1S/C22H25FN4O4S/c1-29-17-5-2-15(3-6-17)25-21(32)24-13-18-14-27(22(28)31-18)16-4-7-20(19(23)12-16)26-8-10-30-11-9-26/h2-7,12,18H,8-11,13-14H2,1H3,(H2,24,25,32)/t18-/m0/s1. The summed E-state index contributed by atoms with van der Waals surface area (Å²) in [7, 11) is 1.60. The third kappa shape index (κ3) is 5.20. The van der Waals surface area contributed by atoms with E-state index in [4.69, 9.17) is 26.4 Å². The number of nitrogens with zero attached hydrogens (tertiary/aromatic N) is 2. The van der Waals surface area contributed by atoms with Gasteiger partial charge >= 0.3 is 6.09 Å². The molecule has 2 aromatic carbocycles. The van der Waals surface area contributed by atoms with E-state index in [2.05, 4.69) is 10.6 Å². The molecule has 0 unspecified atom stereocenters. The fourth-order valence-corrected chi connectivity index (χ4v) is 3.82. The van der Waals surface area contributed by atoms with Crippen molar-refractivity contribution in [3.8, 4) is 5.75 Å². The minimum absolute atomic E-state index is 0.299. The van der Waals surface area contributed by atoms with Crippen LogP contribution in [0, 0.1) is 5.82 Å². The van der Waals surface area contributed by atoms with Gasteiger partial charge in [-0.05, 0) is 54.7 Å². The van der Waals surface area contributed by atoms with Crippen molar-refractivity contribution < 1.29 is 23.4 Å². The number of hydrogen-bond acceptors (Lipinski definition) is 6. The van der Waals surface area contributed by atoms with E-state index in [0.29, 0.717) is 55.9 Å². The van der Waals surface area contributed by atoms with E-state index in [-0.39, 0.29) is 5.82 Å². The number of nitrogens with one attached hydrogen (secondary N) is 2. The highest BCUT2D eigenvalue weighted by Gasteiger charge is 2.33. The zero-order valence-electron chi connectivity index (χ0n) is 17.7. The van der Waals surface area contributed by atoms with Gasteiger partial charge in [0.25, 0.3) is 0 Å². The van der Waals surface area contributed by atoms with Gasteiger partial charge in [-0.25, -0.2) is 9.18 Å². The summed E-state index contributed by atoms with van der Waals surface area (Å²) in [4.78, 5) is 15.7. The van der Waals surface area contributed by atoms with E-state index in [1.807, 2.05) is 29.2 Å². The first-order valence-electron chi connectivity index (χ1n) is 10.3. The number of anilines is 3. The number of thiocarbonyl (C=S) groups is 1. The van der Waals surface area contributed by atoms with Crippen LogP contribution in [0.1, 0.15) is 0 Å². The lowest BCUT2D eigenvalue weighted by molar-refractivity contribution is 0.122. The van der Waals surface area contributed by atoms with Crippen molar-refractivity contribution in [1.29, 1.82) is 0 Å².